The van der Waals surface area contributed by atoms with Crippen LogP contribution >= 0.6 is 0 Å². The third-order valence-corrected chi connectivity index (χ3v) is 4.89. The molecule has 0 aromatic heterocycles. The number of nitrogens with one attached hydrogen (secondary N) is 1. The summed E-state index contributed by atoms with van der Waals surface area (Å²) in [5.74, 6) is 0. The molecule has 124 valence electrons. The Morgan fingerprint density at radius 1 is 1.24 bits per heavy atom. The van der Waals surface area contributed by atoms with Crippen molar-refractivity contribution in [1.82, 2.24) is 15.1 Å². The van der Waals surface area contributed by atoms with E-state index in [-0.39, 0.29) is 0 Å². The summed E-state index contributed by atoms with van der Waals surface area (Å²) in [6.45, 7) is 13.6. The minimum Gasteiger partial charge on any atom is -0.381 e. The van der Waals surface area contributed by atoms with E-state index in [2.05, 4.69) is 36.0 Å². The van der Waals surface area contributed by atoms with Crippen LogP contribution in [0.5, 0.6) is 0 Å². The lowest BCUT2D eigenvalue weighted by molar-refractivity contribution is -0.0241. The van der Waals surface area contributed by atoms with Crippen LogP contribution in [0.15, 0.2) is 0 Å². The molecule has 1 atom stereocenters. The lowest BCUT2D eigenvalue weighted by atomic mass is 9.81. The van der Waals surface area contributed by atoms with Gasteiger partial charge in [-0.3, -0.25) is 0 Å². The molecule has 0 aliphatic carbocycles. The van der Waals surface area contributed by atoms with Gasteiger partial charge >= 0.3 is 0 Å². The van der Waals surface area contributed by atoms with E-state index in [0.717, 1.165) is 26.3 Å². The van der Waals surface area contributed by atoms with E-state index in [0.29, 0.717) is 11.5 Å². The molecular formula is C17H35N3O. The number of ether oxygens (including phenoxy) is 1. The molecule has 0 saturated carbocycles. The Balaban J connectivity index is 1.78. The number of likely N-dealkylation sites (tertiary alicyclic amines) is 1. The van der Waals surface area contributed by atoms with Gasteiger partial charge in [0.1, 0.15) is 0 Å². The highest BCUT2D eigenvalue weighted by Gasteiger charge is 2.34. The fraction of sp³-hybridized carbons (Fsp3) is 1.00. The molecule has 0 bridgehead atoms. The summed E-state index contributed by atoms with van der Waals surface area (Å²) in [4.78, 5) is 5.13. The molecule has 0 amide bonds. The molecule has 2 rings (SSSR count). The Morgan fingerprint density at radius 2 is 2.00 bits per heavy atom. The number of likely N-dealkylation sites (N-methyl/N-ethyl adjacent to an activating group) is 1. The molecule has 0 aromatic rings. The van der Waals surface area contributed by atoms with Crippen molar-refractivity contribution in [2.75, 3.05) is 59.5 Å². The standard InChI is InChI=1S/C17H35N3O/c1-16(2)18-13-17(7-6-12-21-15-17)14-19(3)10-11-20-8-4-5-9-20/h16,18H,4-15H2,1-3H3. The maximum Gasteiger partial charge on any atom is 0.0546 e. The van der Waals surface area contributed by atoms with Crippen LogP contribution in [0.4, 0.5) is 0 Å². The maximum absolute atomic E-state index is 5.82. The van der Waals surface area contributed by atoms with Gasteiger partial charge in [-0.25, -0.2) is 0 Å². The highest BCUT2D eigenvalue weighted by Crippen LogP contribution is 2.29. The van der Waals surface area contributed by atoms with Crippen molar-refractivity contribution in [2.45, 2.75) is 45.6 Å². The highest BCUT2D eigenvalue weighted by molar-refractivity contribution is 4.87. The van der Waals surface area contributed by atoms with Crippen molar-refractivity contribution in [3.63, 3.8) is 0 Å². The van der Waals surface area contributed by atoms with Crippen molar-refractivity contribution in [2.24, 2.45) is 5.41 Å². The van der Waals surface area contributed by atoms with Crippen LogP contribution in [0.2, 0.25) is 0 Å². The molecule has 2 aliphatic heterocycles. The van der Waals surface area contributed by atoms with Gasteiger partial charge in [-0.05, 0) is 45.8 Å². The molecule has 21 heavy (non-hydrogen) atoms. The summed E-state index contributed by atoms with van der Waals surface area (Å²) in [7, 11) is 2.28. The molecule has 4 nitrogen and oxygen atoms in total. The Morgan fingerprint density at radius 3 is 2.62 bits per heavy atom. The maximum atomic E-state index is 5.82. The molecule has 2 heterocycles. The first-order valence-electron chi connectivity index (χ1n) is 8.82. The third-order valence-electron chi connectivity index (χ3n) is 4.89. The zero-order valence-electron chi connectivity index (χ0n) is 14.4. The molecule has 2 aliphatic rings. The summed E-state index contributed by atoms with van der Waals surface area (Å²) in [5, 5.41) is 3.64. The van der Waals surface area contributed by atoms with Crippen molar-refractivity contribution in [3.05, 3.63) is 0 Å². The van der Waals surface area contributed by atoms with Crippen LogP contribution < -0.4 is 5.32 Å². The molecule has 0 spiro atoms. The number of rotatable bonds is 8. The van der Waals surface area contributed by atoms with Crippen LogP contribution in [0.25, 0.3) is 0 Å². The van der Waals surface area contributed by atoms with Gasteiger partial charge in [0.2, 0.25) is 0 Å². The lowest BCUT2D eigenvalue weighted by Gasteiger charge is -2.41. The van der Waals surface area contributed by atoms with Gasteiger partial charge in [-0.2, -0.15) is 0 Å². The first kappa shape index (κ1) is 17.2. The van der Waals surface area contributed by atoms with E-state index in [1.165, 1.54) is 51.9 Å². The average molecular weight is 297 g/mol. The van der Waals surface area contributed by atoms with Gasteiger partial charge < -0.3 is 19.9 Å². The number of hydrogen-bond acceptors (Lipinski definition) is 4. The Bertz CT molecular complexity index is 284. The van der Waals surface area contributed by atoms with E-state index in [1.807, 2.05) is 0 Å². The Labute approximate surface area is 131 Å². The van der Waals surface area contributed by atoms with Crippen molar-refractivity contribution < 1.29 is 4.74 Å². The highest BCUT2D eigenvalue weighted by atomic mass is 16.5. The van der Waals surface area contributed by atoms with Gasteiger partial charge in [-0.15, -0.1) is 0 Å². The van der Waals surface area contributed by atoms with Crippen molar-refractivity contribution >= 4 is 0 Å². The van der Waals surface area contributed by atoms with Gasteiger partial charge in [0.15, 0.2) is 0 Å². The van der Waals surface area contributed by atoms with E-state index in [9.17, 15) is 0 Å². The molecular weight excluding hydrogens is 262 g/mol. The quantitative estimate of drug-likeness (QED) is 0.739. The van der Waals surface area contributed by atoms with Crippen LogP contribution in [-0.2, 0) is 4.74 Å². The fourth-order valence-electron chi connectivity index (χ4n) is 3.62. The zero-order valence-corrected chi connectivity index (χ0v) is 14.4. The molecule has 1 N–H and O–H groups in total. The first-order chi connectivity index (χ1) is 10.1. The molecule has 2 saturated heterocycles. The normalized spacial score (nSPS) is 27.9. The lowest BCUT2D eigenvalue weighted by Crippen LogP contribution is -2.50. The Hall–Kier alpha value is -0.160. The smallest absolute Gasteiger partial charge is 0.0546 e. The van der Waals surface area contributed by atoms with E-state index < -0.39 is 0 Å². The van der Waals surface area contributed by atoms with Crippen LogP contribution in [-0.4, -0.2) is 75.4 Å². The van der Waals surface area contributed by atoms with Gasteiger partial charge in [0.25, 0.3) is 0 Å². The van der Waals surface area contributed by atoms with Crippen LogP contribution in [0.1, 0.15) is 39.5 Å². The predicted octanol–water partition coefficient (Wildman–Crippen LogP) is 1.81. The topological polar surface area (TPSA) is 27.7 Å². The zero-order chi connectivity index (χ0) is 15.1. The second kappa shape index (κ2) is 8.47. The summed E-state index contributed by atoms with van der Waals surface area (Å²) >= 11 is 0. The van der Waals surface area contributed by atoms with Gasteiger partial charge in [-0.1, -0.05) is 13.8 Å². The minimum absolute atomic E-state index is 0.308. The van der Waals surface area contributed by atoms with Crippen molar-refractivity contribution in [3.8, 4) is 0 Å². The largest absolute Gasteiger partial charge is 0.381 e. The number of nitrogens with zero attached hydrogens (tertiary/aromatic N) is 2. The van der Waals surface area contributed by atoms with Crippen LogP contribution in [0.3, 0.4) is 0 Å². The SMILES string of the molecule is CC(C)NCC1(CN(C)CCN2CCCC2)CCCOC1. The van der Waals surface area contributed by atoms with Crippen LogP contribution in [0, 0.1) is 5.41 Å². The summed E-state index contributed by atoms with van der Waals surface area (Å²) < 4.78 is 5.82. The van der Waals surface area contributed by atoms with E-state index in [4.69, 9.17) is 4.74 Å². The summed E-state index contributed by atoms with van der Waals surface area (Å²) in [5.41, 5.74) is 0.308. The summed E-state index contributed by atoms with van der Waals surface area (Å²) in [6.07, 6.45) is 5.28. The molecule has 4 heteroatoms. The third kappa shape index (κ3) is 5.85. The second-order valence-corrected chi connectivity index (χ2v) is 7.48. The molecule has 0 radical (unpaired) electrons. The Kier molecular flexibility index (Phi) is 6.93. The van der Waals surface area contributed by atoms with Gasteiger partial charge in [0, 0.05) is 44.2 Å². The first-order valence-corrected chi connectivity index (χ1v) is 8.82. The van der Waals surface area contributed by atoms with Crippen molar-refractivity contribution in [1.29, 1.82) is 0 Å². The fourth-order valence-corrected chi connectivity index (χ4v) is 3.62. The van der Waals surface area contributed by atoms with Gasteiger partial charge in [0.05, 0.1) is 6.61 Å². The average Bonchev–Trinajstić information content (AvgIpc) is 2.97. The molecule has 0 aromatic carbocycles. The van der Waals surface area contributed by atoms with E-state index >= 15 is 0 Å². The predicted molar refractivity (Wildman–Crippen MR) is 88.8 cm³/mol. The monoisotopic (exact) mass is 297 g/mol. The second-order valence-electron chi connectivity index (χ2n) is 7.48. The van der Waals surface area contributed by atoms with E-state index in [1.54, 1.807) is 0 Å². The molecule has 1 unspecified atom stereocenters. The summed E-state index contributed by atoms with van der Waals surface area (Å²) in [6, 6.07) is 0.554. The minimum atomic E-state index is 0.308. The molecule has 2 fully saturated rings. The number of hydrogen-bond donors (Lipinski definition) is 1.